The minimum atomic E-state index is -0.897. The standard InChI is InChI=1S/C27H34N4O2/c1-5-30(6-2)19-13-14-23(18(3)16-19)28-25(32)22-17-20-10-9-15-31(20)27(22)21-11-7-8-12-24(21)29(4)26(27)33/h7-8,11-14,16,20,22H,5-6,9-10,15,17H2,1-4H3,(H,28,32)/t20-,22-,27-/m1/s1. The van der Waals surface area contributed by atoms with Crippen molar-refractivity contribution in [2.24, 2.45) is 5.92 Å². The SMILES string of the molecule is CCN(CC)c1ccc(NC(=O)[C@H]2C[C@H]3CCCN3[C@@]23C(=O)N(C)c2ccccc23)c(C)c1. The lowest BCUT2D eigenvalue weighted by molar-refractivity contribution is -0.136. The number of aryl methyl sites for hydroxylation is 1. The molecule has 2 aromatic carbocycles. The molecule has 0 radical (unpaired) electrons. The molecule has 2 saturated heterocycles. The van der Waals surface area contributed by atoms with Gasteiger partial charge in [0.2, 0.25) is 5.91 Å². The Balaban J connectivity index is 1.50. The summed E-state index contributed by atoms with van der Waals surface area (Å²) >= 11 is 0. The van der Waals surface area contributed by atoms with Gasteiger partial charge < -0.3 is 15.1 Å². The van der Waals surface area contributed by atoms with E-state index in [1.54, 1.807) is 4.90 Å². The van der Waals surface area contributed by atoms with Crippen LogP contribution in [0.1, 0.15) is 44.2 Å². The zero-order valence-electron chi connectivity index (χ0n) is 20.1. The zero-order chi connectivity index (χ0) is 23.3. The third-order valence-corrected chi connectivity index (χ3v) is 8.06. The van der Waals surface area contributed by atoms with Gasteiger partial charge in [-0.3, -0.25) is 14.5 Å². The van der Waals surface area contributed by atoms with Gasteiger partial charge >= 0.3 is 0 Å². The van der Waals surface area contributed by atoms with Gasteiger partial charge in [0.05, 0.1) is 5.92 Å². The number of anilines is 3. The maximum absolute atomic E-state index is 13.8. The van der Waals surface area contributed by atoms with Crippen LogP contribution in [-0.2, 0) is 15.1 Å². The molecule has 1 N–H and O–H groups in total. The summed E-state index contributed by atoms with van der Waals surface area (Å²) in [5, 5.41) is 3.21. The Labute approximate surface area is 196 Å². The predicted octanol–water partition coefficient (Wildman–Crippen LogP) is 4.14. The molecular formula is C27H34N4O2. The Bertz CT molecular complexity index is 1100. The summed E-state index contributed by atoms with van der Waals surface area (Å²) in [7, 11) is 1.84. The van der Waals surface area contributed by atoms with Crippen molar-refractivity contribution < 1.29 is 9.59 Å². The molecule has 3 aliphatic rings. The highest BCUT2D eigenvalue weighted by molar-refractivity contribution is 6.11. The van der Waals surface area contributed by atoms with Gasteiger partial charge in [-0.15, -0.1) is 0 Å². The summed E-state index contributed by atoms with van der Waals surface area (Å²) in [6, 6.07) is 14.5. The molecule has 6 nitrogen and oxygen atoms in total. The van der Waals surface area contributed by atoms with Crippen LogP contribution in [0.2, 0.25) is 0 Å². The van der Waals surface area contributed by atoms with E-state index in [0.29, 0.717) is 0 Å². The fourth-order valence-corrected chi connectivity index (χ4v) is 6.46. The van der Waals surface area contributed by atoms with Crippen molar-refractivity contribution in [3.05, 3.63) is 53.6 Å². The van der Waals surface area contributed by atoms with E-state index in [1.165, 1.54) is 0 Å². The fraction of sp³-hybridized carbons (Fsp3) is 0.481. The first-order valence-electron chi connectivity index (χ1n) is 12.2. The number of nitrogens with zero attached hydrogens (tertiary/aromatic N) is 3. The minimum absolute atomic E-state index is 0.0295. The van der Waals surface area contributed by atoms with Crippen molar-refractivity contribution in [2.75, 3.05) is 41.8 Å². The van der Waals surface area contributed by atoms with Gasteiger partial charge in [0.15, 0.2) is 0 Å². The van der Waals surface area contributed by atoms with Gasteiger partial charge in [-0.05, 0) is 76.4 Å². The molecule has 0 unspecified atom stereocenters. The lowest BCUT2D eigenvalue weighted by Gasteiger charge is -2.37. The molecule has 3 atom stereocenters. The zero-order valence-corrected chi connectivity index (χ0v) is 20.1. The van der Waals surface area contributed by atoms with Gasteiger partial charge in [0.25, 0.3) is 5.91 Å². The summed E-state index contributed by atoms with van der Waals surface area (Å²) in [6.45, 7) is 9.08. The number of rotatable bonds is 5. The van der Waals surface area contributed by atoms with Gasteiger partial charge in [0.1, 0.15) is 5.54 Å². The molecule has 2 fully saturated rings. The number of likely N-dealkylation sites (N-methyl/N-ethyl adjacent to an activating group) is 1. The maximum Gasteiger partial charge on any atom is 0.252 e. The number of fused-ring (bicyclic) bond motifs is 4. The van der Waals surface area contributed by atoms with Crippen molar-refractivity contribution in [2.45, 2.75) is 51.6 Å². The van der Waals surface area contributed by atoms with Gasteiger partial charge in [0, 0.05) is 48.8 Å². The molecule has 33 heavy (non-hydrogen) atoms. The van der Waals surface area contributed by atoms with Crippen molar-refractivity contribution >= 4 is 28.9 Å². The minimum Gasteiger partial charge on any atom is -0.372 e. The normalized spacial score (nSPS) is 26.1. The number of para-hydroxylation sites is 1. The lowest BCUT2D eigenvalue weighted by Crippen LogP contribution is -2.55. The van der Waals surface area contributed by atoms with Crippen LogP contribution in [0.25, 0.3) is 0 Å². The molecule has 0 saturated carbocycles. The van der Waals surface area contributed by atoms with E-state index in [0.717, 1.165) is 67.1 Å². The lowest BCUT2D eigenvalue weighted by atomic mass is 9.78. The van der Waals surface area contributed by atoms with Gasteiger partial charge in [-0.2, -0.15) is 0 Å². The van der Waals surface area contributed by atoms with Crippen LogP contribution in [0.3, 0.4) is 0 Å². The highest BCUT2D eigenvalue weighted by atomic mass is 16.2. The number of hydrogen-bond donors (Lipinski definition) is 1. The van der Waals surface area contributed by atoms with Crippen LogP contribution >= 0.6 is 0 Å². The van der Waals surface area contributed by atoms with Crippen LogP contribution < -0.4 is 15.1 Å². The molecule has 3 aliphatic heterocycles. The predicted molar refractivity (Wildman–Crippen MR) is 133 cm³/mol. The Kier molecular flexibility index (Phi) is 5.44. The quantitative estimate of drug-likeness (QED) is 0.750. The van der Waals surface area contributed by atoms with Crippen LogP contribution in [0, 0.1) is 12.8 Å². The van der Waals surface area contributed by atoms with E-state index in [4.69, 9.17) is 0 Å². The molecular weight excluding hydrogens is 412 g/mol. The van der Waals surface area contributed by atoms with Crippen LogP contribution in [-0.4, -0.2) is 49.4 Å². The second-order valence-corrected chi connectivity index (χ2v) is 9.59. The van der Waals surface area contributed by atoms with E-state index in [1.807, 2.05) is 44.3 Å². The first kappa shape index (κ1) is 22.0. The van der Waals surface area contributed by atoms with Crippen LogP contribution in [0.15, 0.2) is 42.5 Å². The summed E-state index contributed by atoms with van der Waals surface area (Å²) in [5.41, 5.74) is 4.03. The second-order valence-electron chi connectivity index (χ2n) is 9.59. The highest BCUT2D eigenvalue weighted by Crippen LogP contribution is 2.56. The Morgan fingerprint density at radius 3 is 2.67 bits per heavy atom. The second kappa shape index (κ2) is 8.17. The molecule has 3 heterocycles. The molecule has 2 aromatic rings. The van der Waals surface area contributed by atoms with Crippen LogP contribution in [0.5, 0.6) is 0 Å². The van der Waals surface area contributed by atoms with E-state index < -0.39 is 11.5 Å². The number of amides is 2. The van der Waals surface area contributed by atoms with Crippen molar-refractivity contribution in [3.63, 3.8) is 0 Å². The third kappa shape index (κ3) is 3.11. The largest absolute Gasteiger partial charge is 0.372 e. The molecule has 0 bridgehead atoms. The van der Waals surface area contributed by atoms with E-state index in [2.05, 4.69) is 41.1 Å². The Morgan fingerprint density at radius 1 is 1.18 bits per heavy atom. The summed E-state index contributed by atoms with van der Waals surface area (Å²) in [6.07, 6.45) is 2.84. The monoisotopic (exact) mass is 446 g/mol. The molecule has 1 spiro atoms. The average Bonchev–Trinajstić information content (AvgIpc) is 3.46. The molecule has 5 rings (SSSR count). The Morgan fingerprint density at radius 2 is 1.94 bits per heavy atom. The van der Waals surface area contributed by atoms with Crippen molar-refractivity contribution in [1.29, 1.82) is 0 Å². The van der Waals surface area contributed by atoms with Gasteiger partial charge in [-0.1, -0.05) is 18.2 Å². The third-order valence-electron chi connectivity index (χ3n) is 8.06. The molecule has 6 heteroatoms. The number of hydrogen-bond acceptors (Lipinski definition) is 4. The summed E-state index contributed by atoms with van der Waals surface area (Å²) in [4.78, 5) is 34.1. The number of nitrogens with one attached hydrogen (secondary N) is 1. The smallest absolute Gasteiger partial charge is 0.252 e. The number of carbonyl (C=O) groups excluding carboxylic acids is 2. The first-order valence-corrected chi connectivity index (χ1v) is 12.2. The van der Waals surface area contributed by atoms with E-state index in [9.17, 15) is 9.59 Å². The molecule has 0 aliphatic carbocycles. The topological polar surface area (TPSA) is 55.9 Å². The van der Waals surface area contributed by atoms with E-state index >= 15 is 0 Å². The highest BCUT2D eigenvalue weighted by Gasteiger charge is 2.66. The molecule has 174 valence electrons. The van der Waals surface area contributed by atoms with Crippen LogP contribution in [0.4, 0.5) is 17.1 Å². The Hall–Kier alpha value is -2.86. The fourth-order valence-electron chi connectivity index (χ4n) is 6.46. The van der Waals surface area contributed by atoms with Crippen molar-refractivity contribution in [3.8, 4) is 0 Å². The average molecular weight is 447 g/mol. The first-order chi connectivity index (χ1) is 15.9. The number of carbonyl (C=O) groups is 2. The van der Waals surface area contributed by atoms with E-state index in [-0.39, 0.29) is 17.9 Å². The summed E-state index contributed by atoms with van der Waals surface area (Å²) < 4.78 is 0. The molecule has 0 aromatic heterocycles. The molecule has 2 amide bonds. The van der Waals surface area contributed by atoms with Crippen molar-refractivity contribution in [1.82, 2.24) is 4.90 Å². The maximum atomic E-state index is 13.8. The van der Waals surface area contributed by atoms with Gasteiger partial charge in [-0.25, -0.2) is 0 Å². The number of benzene rings is 2. The summed E-state index contributed by atoms with van der Waals surface area (Å²) in [5.74, 6) is -0.438.